The molecule has 1 amide bonds. The Hall–Kier alpha value is -2.93. The van der Waals surface area contributed by atoms with Crippen molar-refractivity contribution in [1.82, 2.24) is 15.3 Å². The van der Waals surface area contributed by atoms with E-state index in [4.69, 9.17) is 4.42 Å². The molecule has 0 saturated carbocycles. The Kier molecular flexibility index (Phi) is 6.26. The minimum Gasteiger partial charge on any atom is -0.461 e. The van der Waals surface area contributed by atoms with Gasteiger partial charge in [0.15, 0.2) is 17.4 Å². The van der Waals surface area contributed by atoms with Crippen molar-refractivity contribution in [2.45, 2.75) is 31.8 Å². The summed E-state index contributed by atoms with van der Waals surface area (Å²) in [5.41, 5.74) is 2.03. The molecule has 2 heterocycles. The number of amides is 1. The molecule has 0 fully saturated rings. The van der Waals surface area contributed by atoms with Crippen molar-refractivity contribution < 1.29 is 14.0 Å². The molecule has 28 heavy (non-hydrogen) atoms. The van der Waals surface area contributed by atoms with E-state index < -0.39 is 0 Å². The molecular formula is C21H21N3O3S. The molecule has 0 aliphatic rings. The maximum atomic E-state index is 12.4. The lowest BCUT2D eigenvalue weighted by Crippen LogP contribution is -2.28. The van der Waals surface area contributed by atoms with Crippen LogP contribution >= 0.6 is 11.8 Å². The second-order valence-corrected chi connectivity index (χ2v) is 7.30. The number of Topliss-reactive ketones (excluding diaryl/α,β-unsaturated/α-hetero) is 1. The minimum atomic E-state index is -0.135. The highest BCUT2D eigenvalue weighted by atomic mass is 32.2. The molecule has 7 heteroatoms. The van der Waals surface area contributed by atoms with Gasteiger partial charge in [-0.15, -0.1) is 0 Å². The van der Waals surface area contributed by atoms with Gasteiger partial charge in [0.05, 0.1) is 29.3 Å². The van der Waals surface area contributed by atoms with Gasteiger partial charge in [-0.2, -0.15) is 0 Å². The average molecular weight is 395 g/mol. The van der Waals surface area contributed by atoms with Crippen LogP contribution in [0.4, 0.5) is 0 Å². The van der Waals surface area contributed by atoms with E-state index in [-0.39, 0.29) is 23.5 Å². The number of aryl methyl sites for hydroxylation is 1. The van der Waals surface area contributed by atoms with Crippen molar-refractivity contribution in [3.8, 4) is 11.6 Å². The van der Waals surface area contributed by atoms with Gasteiger partial charge in [0.25, 0.3) is 0 Å². The molecule has 0 radical (unpaired) electrons. The number of furan rings is 1. The molecule has 1 aromatic carbocycles. The largest absolute Gasteiger partial charge is 0.461 e. The highest BCUT2D eigenvalue weighted by Gasteiger charge is 2.19. The number of carbonyl (C=O) groups is 2. The molecule has 0 spiro atoms. The van der Waals surface area contributed by atoms with Crippen molar-refractivity contribution in [1.29, 1.82) is 0 Å². The lowest BCUT2D eigenvalue weighted by molar-refractivity contribution is -0.119. The van der Waals surface area contributed by atoms with Crippen molar-refractivity contribution in [3.05, 3.63) is 65.5 Å². The number of ketones is 1. The first-order valence-corrected chi connectivity index (χ1v) is 9.85. The summed E-state index contributed by atoms with van der Waals surface area (Å²) in [5.74, 6) is 0.789. The second-order valence-electron chi connectivity index (χ2n) is 6.33. The van der Waals surface area contributed by atoms with E-state index in [1.807, 2.05) is 37.3 Å². The fourth-order valence-electron chi connectivity index (χ4n) is 2.81. The Balaban J connectivity index is 1.75. The van der Waals surface area contributed by atoms with Crippen molar-refractivity contribution >= 4 is 23.5 Å². The SMILES string of the molecule is CC(=O)c1c(C)nc(-c2ccco2)nc1SCC(=O)N[C@H](C)c1ccccc1. The predicted octanol–water partition coefficient (Wildman–Crippen LogP) is 4.22. The van der Waals surface area contributed by atoms with Gasteiger partial charge in [-0.1, -0.05) is 42.1 Å². The number of thioether (sulfide) groups is 1. The molecule has 0 aliphatic carbocycles. The minimum absolute atomic E-state index is 0.104. The lowest BCUT2D eigenvalue weighted by Gasteiger charge is -2.15. The standard InChI is InChI=1S/C21H21N3O3S/c1-13(16-8-5-4-6-9-16)22-18(26)12-28-21-19(15(3)25)14(2)23-20(24-21)17-10-7-11-27-17/h4-11,13H,12H2,1-3H3,(H,22,26)/t13-/m1/s1. The van der Waals surface area contributed by atoms with Crippen LogP contribution in [-0.4, -0.2) is 27.4 Å². The van der Waals surface area contributed by atoms with Gasteiger partial charge in [-0.05, 0) is 38.5 Å². The van der Waals surface area contributed by atoms with Crippen molar-refractivity contribution in [2.75, 3.05) is 5.75 Å². The van der Waals surface area contributed by atoms with Crippen LogP contribution < -0.4 is 5.32 Å². The normalized spacial score (nSPS) is 11.8. The van der Waals surface area contributed by atoms with Crippen molar-refractivity contribution in [2.24, 2.45) is 0 Å². The molecule has 144 valence electrons. The zero-order chi connectivity index (χ0) is 20.1. The summed E-state index contributed by atoms with van der Waals surface area (Å²) in [6.07, 6.45) is 1.54. The highest BCUT2D eigenvalue weighted by molar-refractivity contribution is 8.00. The zero-order valence-electron chi connectivity index (χ0n) is 15.9. The first-order valence-electron chi connectivity index (χ1n) is 8.86. The van der Waals surface area contributed by atoms with Crippen LogP contribution in [0.1, 0.15) is 41.5 Å². The monoisotopic (exact) mass is 395 g/mol. The van der Waals surface area contributed by atoms with Crippen LogP contribution in [0.25, 0.3) is 11.6 Å². The summed E-state index contributed by atoms with van der Waals surface area (Å²) < 4.78 is 5.36. The summed E-state index contributed by atoms with van der Waals surface area (Å²) >= 11 is 1.22. The summed E-state index contributed by atoms with van der Waals surface area (Å²) in [5, 5.41) is 3.45. The van der Waals surface area contributed by atoms with E-state index in [1.54, 1.807) is 19.1 Å². The average Bonchev–Trinajstić information content (AvgIpc) is 3.21. The van der Waals surface area contributed by atoms with Gasteiger partial charge in [-0.25, -0.2) is 9.97 Å². The number of hydrogen-bond acceptors (Lipinski definition) is 6. The van der Waals surface area contributed by atoms with E-state index in [2.05, 4.69) is 15.3 Å². The number of benzene rings is 1. The van der Waals surface area contributed by atoms with Crippen LogP contribution in [0.15, 0.2) is 58.2 Å². The van der Waals surface area contributed by atoms with Gasteiger partial charge in [0, 0.05) is 0 Å². The first-order chi connectivity index (χ1) is 13.5. The number of nitrogens with one attached hydrogen (secondary N) is 1. The number of aromatic nitrogens is 2. The van der Waals surface area contributed by atoms with Crippen LogP contribution in [-0.2, 0) is 4.79 Å². The van der Waals surface area contributed by atoms with Gasteiger partial charge in [0.1, 0.15) is 5.03 Å². The van der Waals surface area contributed by atoms with E-state index in [1.165, 1.54) is 24.9 Å². The first kappa shape index (κ1) is 19.8. The van der Waals surface area contributed by atoms with Gasteiger partial charge in [-0.3, -0.25) is 9.59 Å². The van der Waals surface area contributed by atoms with Gasteiger partial charge in [0.2, 0.25) is 5.91 Å². The van der Waals surface area contributed by atoms with E-state index in [0.717, 1.165) is 5.56 Å². The Morgan fingerprint density at radius 1 is 1.14 bits per heavy atom. The lowest BCUT2D eigenvalue weighted by atomic mass is 10.1. The van der Waals surface area contributed by atoms with E-state index in [0.29, 0.717) is 27.9 Å². The molecule has 0 aliphatic heterocycles. The quantitative estimate of drug-likeness (QED) is 0.366. The molecule has 1 atom stereocenters. The van der Waals surface area contributed by atoms with Gasteiger partial charge < -0.3 is 9.73 Å². The molecule has 6 nitrogen and oxygen atoms in total. The maximum Gasteiger partial charge on any atom is 0.230 e. The number of rotatable bonds is 7. The molecule has 3 rings (SSSR count). The van der Waals surface area contributed by atoms with Crippen LogP contribution in [0.3, 0.4) is 0 Å². The van der Waals surface area contributed by atoms with Crippen LogP contribution in [0.5, 0.6) is 0 Å². The molecule has 1 N–H and O–H groups in total. The third kappa shape index (κ3) is 4.67. The molecule has 0 bridgehead atoms. The smallest absolute Gasteiger partial charge is 0.230 e. The topological polar surface area (TPSA) is 85.1 Å². The molecule has 3 aromatic rings. The molecule has 0 unspecified atom stereocenters. The number of hydrogen-bond donors (Lipinski definition) is 1. The van der Waals surface area contributed by atoms with Gasteiger partial charge >= 0.3 is 0 Å². The molecule has 0 saturated heterocycles. The maximum absolute atomic E-state index is 12.4. The Morgan fingerprint density at radius 2 is 1.89 bits per heavy atom. The predicted molar refractivity (Wildman–Crippen MR) is 108 cm³/mol. The fraction of sp³-hybridized carbons (Fsp3) is 0.238. The Labute approximate surface area is 167 Å². The summed E-state index contributed by atoms with van der Waals surface area (Å²) in [6.45, 7) is 5.16. The fourth-order valence-corrected chi connectivity index (χ4v) is 3.75. The van der Waals surface area contributed by atoms with Crippen LogP contribution in [0, 0.1) is 6.92 Å². The third-order valence-corrected chi connectivity index (χ3v) is 5.14. The number of carbonyl (C=O) groups excluding carboxylic acids is 2. The molecular weight excluding hydrogens is 374 g/mol. The van der Waals surface area contributed by atoms with E-state index >= 15 is 0 Å². The Bertz CT molecular complexity index is 972. The number of nitrogens with zero attached hydrogens (tertiary/aromatic N) is 2. The third-order valence-electron chi connectivity index (χ3n) is 4.17. The Morgan fingerprint density at radius 3 is 2.54 bits per heavy atom. The van der Waals surface area contributed by atoms with Crippen molar-refractivity contribution in [3.63, 3.8) is 0 Å². The second kappa shape index (κ2) is 8.84. The summed E-state index contributed by atoms with van der Waals surface area (Å²) in [6, 6.07) is 13.1. The summed E-state index contributed by atoms with van der Waals surface area (Å²) in [4.78, 5) is 33.3. The van der Waals surface area contributed by atoms with Crippen LogP contribution in [0.2, 0.25) is 0 Å². The highest BCUT2D eigenvalue weighted by Crippen LogP contribution is 2.27. The zero-order valence-corrected chi connectivity index (χ0v) is 16.7. The van der Waals surface area contributed by atoms with E-state index in [9.17, 15) is 9.59 Å². The summed E-state index contributed by atoms with van der Waals surface area (Å²) in [7, 11) is 0. The molecule has 2 aromatic heterocycles.